The molecule has 2 aromatic rings. The molecule has 1 aromatic carbocycles. The molecule has 1 heterocycles. The molecule has 0 bridgehead atoms. The van der Waals surface area contributed by atoms with Crippen molar-refractivity contribution in [2.45, 2.75) is 12.9 Å². The molecule has 0 unspecified atom stereocenters. The van der Waals surface area contributed by atoms with Crippen molar-refractivity contribution in [1.29, 1.82) is 0 Å². The summed E-state index contributed by atoms with van der Waals surface area (Å²) in [6.07, 6.45) is -3.62. The molecule has 0 saturated heterocycles. The van der Waals surface area contributed by atoms with Gasteiger partial charge >= 0.3 is 6.18 Å². The molecule has 1 nitrogen and oxygen atoms in total. The summed E-state index contributed by atoms with van der Waals surface area (Å²) in [5, 5.41) is 0. The number of pyridine rings is 1. The van der Waals surface area contributed by atoms with E-state index in [4.69, 9.17) is 0 Å². The first-order chi connectivity index (χ1) is 8.50. The van der Waals surface area contributed by atoms with Crippen molar-refractivity contribution in [3.63, 3.8) is 0 Å². The van der Waals surface area contributed by atoms with E-state index in [-0.39, 0.29) is 0 Å². The van der Waals surface area contributed by atoms with Gasteiger partial charge in [-0.15, -0.1) is 0 Å². The van der Waals surface area contributed by atoms with Crippen molar-refractivity contribution in [1.82, 2.24) is 4.98 Å². The Hall–Kier alpha value is -1.91. The largest absolute Gasteiger partial charge is 0.417 e. The molecule has 0 atom stereocenters. The fraction of sp³-hybridized carbons (Fsp3) is 0.154. The molecular formula is C13H9F4N. The molecular weight excluding hydrogens is 246 g/mol. The maximum Gasteiger partial charge on any atom is 0.417 e. The van der Waals surface area contributed by atoms with Gasteiger partial charge in [-0.25, -0.2) is 4.39 Å². The van der Waals surface area contributed by atoms with Crippen LogP contribution in [0, 0.1) is 0 Å². The van der Waals surface area contributed by atoms with Crippen LogP contribution in [0.5, 0.6) is 0 Å². The maximum atomic E-state index is 12.5. The van der Waals surface area contributed by atoms with Crippen LogP contribution in [-0.4, -0.2) is 4.98 Å². The minimum absolute atomic E-state index is 0.387. The number of rotatable bonds is 2. The smallest absolute Gasteiger partial charge is 0.256 e. The third-order valence-corrected chi connectivity index (χ3v) is 2.47. The quantitative estimate of drug-likeness (QED) is 0.731. The molecule has 0 aliphatic heterocycles. The van der Waals surface area contributed by atoms with Gasteiger partial charge < -0.3 is 0 Å². The summed E-state index contributed by atoms with van der Waals surface area (Å²) >= 11 is 0. The molecule has 0 saturated carbocycles. The first kappa shape index (κ1) is 12.5. The van der Waals surface area contributed by atoms with Gasteiger partial charge in [0.05, 0.1) is 11.3 Å². The van der Waals surface area contributed by atoms with E-state index in [2.05, 4.69) is 4.98 Å². The van der Waals surface area contributed by atoms with Crippen LogP contribution >= 0.6 is 0 Å². The van der Waals surface area contributed by atoms with Gasteiger partial charge in [0.1, 0.15) is 6.67 Å². The Morgan fingerprint density at radius 2 is 1.83 bits per heavy atom. The molecule has 1 aromatic heterocycles. The van der Waals surface area contributed by atoms with Crippen LogP contribution in [0.1, 0.15) is 11.1 Å². The van der Waals surface area contributed by atoms with Crippen LogP contribution in [0.4, 0.5) is 17.6 Å². The van der Waals surface area contributed by atoms with E-state index in [1.165, 1.54) is 6.07 Å². The first-order valence-electron chi connectivity index (χ1n) is 5.19. The number of aromatic nitrogens is 1. The SMILES string of the molecule is FCc1cccc(-c2ccc(C(F)(F)F)cn2)c1. The molecule has 5 heteroatoms. The average Bonchev–Trinajstić information content (AvgIpc) is 2.38. The second kappa shape index (κ2) is 4.76. The van der Waals surface area contributed by atoms with Crippen molar-refractivity contribution in [2.75, 3.05) is 0 Å². The molecule has 0 aliphatic carbocycles. The second-order valence-corrected chi connectivity index (χ2v) is 3.76. The molecule has 94 valence electrons. The van der Waals surface area contributed by atoms with Crippen LogP contribution in [0.3, 0.4) is 0 Å². The van der Waals surface area contributed by atoms with Crippen molar-refractivity contribution >= 4 is 0 Å². The van der Waals surface area contributed by atoms with Crippen LogP contribution < -0.4 is 0 Å². The highest BCUT2D eigenvalue weighted by molar-refractivity contribution is 5.60. The van der Waals surface area contributed by atoms with Crippen molar-refractivity contribution in [2.24, 2.45) is 0 Å². The summed E-state index contributed by atoms with van der Waals surface area (Å²) in [5.41, 5.74) is 0.652. The molecule has 0 fully saturated rings. The monoisotopic (exact) mass is 255 g/mol. The predicted octanol–water partition coefficient (Wildman–Crippen LogP) is 4.24. The zero-order valence-electron chi connectivity index (χ0n) is 9.21. The standard InChI is InChI=1S/C13H9F4N/c14-7-9-2-1-3-10(6-9)12-5-4-11(8-18-12)13(15,16)17/h1-6,8H,7H2. The molecule has 0 aliphatic rings. The van der Waals surface area contributed by atoms with Gasteiger partial charge in [-0.05, 0) is 23.8 Å². The maximum absolute atomic E-state index is 12.5. The van der Waals surface area contributed by atoms with Crippen LogP contribution in [0.2, 0.25) is 0 Å². The first-order valence-corrected chi connectivity index (χ1v) is 5.19. The fourth-order valence-corrected chi connectivity index (χ4v) is 1.55. The number of halogens is 4. The molecule has 0 N–H and O–H groups in total. The third kappa shape index (κ3) is 2.67. The van der Waals surface area contributed by atoms with Gasteiger partial charge in [0.15, 0.2) is 0 Å². The van der Waals surface area contributed by atoms with Crippen LogP contribution in [0.25, 0.3) is 11.3 Å². The summed E-state index contributed by atoms with van der Waals surface area (Å²) in [7, 11) is 0. The zero-order valence-corrected chi connectivity index (χ0v) is 9.21. The lowest BCUT2D eigenvalue weighted by Gasteiger charge is -2.07. The lowest BCUT2D eigenvalue weighted by molar-refractivity contribution is -0.137. The third-order valence-electron chi connectivity index (χ3n) is 2.47. The van der Waals surface area contributed by atoms with Crippen molar-refractivity contribution in [3.05, 3.63) is 53.7 Å². The molecule has 0 radical (unpaired) electrons. The molecule has 0 spiro atoms. The minimum Gasteiger partial charge on any atom is -0.256 e. The van der Waals surface area contributed by atoms with Gasteiger partial charge in [-0.3, -0.25) is 4.98 Å². The highest BCUT2D eigenvalue weighted by Gasteiger charge is 2.30. The van der Waals surface area contributed by atoms with E-state index in [0.29, 0.717) is 16.8 Å². The topological polar surface area (TPSA) is 12.9 Å². The van der Waals surface area contributed by atoms with Gasteiger partial charge in [-0.1, -0.05) is 18.2 Å². The van der Waals surface area contributed by atoms with E-state index in [9.17, 15) is 17.6 Å². The molecule has 2 rings (SSSR count). The number of hydrogen-bond acceptors (Lipinski definition) is 1. The lowest BCUT2D eigenvalue weighted by atomic mass is 10.1. The van der Waals surface area contributed by atoms with Crippen LogP contribution in [-0.2, 0) is 12.9 Å². The summed E-state index contributed by atoms with van der Waals surface area (Å²) in [5.74, 6) is 0. The highest BCUT2D eigenvalue weighted by Crippen LogP contribution is 2.29. The molecule has 0 amide bonds. The number of nitrogens with zero attached hydrogens (tertiary/aromatic N) is 1. The van der Waals surface area contributed by atoms with E-state index in [1.807, 2.05) is 0 Å². The van der Waals surface area contributed by atoms with Gasteiger partial charge in [-0.2, -0.15) is 13.2 Å². The Morgan fingerprint density at radius 1 is 1.06 bits per heavy atom. The summed E-state index contributed by atoms with van der Waals surface area (Å²) in [4.78, 5) is 3.75. The number of alkyl halides is 4. The zero-order chi connectivity index (χ0) is 13.2. The lowest BCUT2D eigenvalue weighted by Crippen LogP contribution is -2.05. The highest BCUT2D eigenvalue weighted by atomic mass is 19.4. The normalized spacial score (nSPS) is 11.6. The number of hydrogen-bond donors (Lipinski definition) is 0. The van der Waals surface area contributed by atoms with Gasteiger partial charge in [0, 0.05) is 11.8 Å². The Morgan fingerprint density at radius 3 is 2.39 bits per heavy atom. The van der Waals surface area contributed by atoms with E-state index >= 15 is 0 Å². The van der Waals surface area contributed by atoms with E-state index < -0.39 is 18.4 Å². The van der Waals surface area contributed by atoms with Crippen molar-refractivity contribution in [3.8, 4) is 11.3 Å². The second-order valence-electron chi connectivity index (χ2n) is 3.76. The summed E-state index contributed by atoms with van der Waals surface area (Å²) in [6, 6.07) is 8.73. The van der Waals surface area contributed by atoms with Gasteiger partial charge in [0.2, 0.25) is 0 Å². The van der Waals surface area contributed by atoms with Crippen LogP contribution in [0.15, 0.2) is 42.6 Å². The van der Waals surface area contributed by atoms with E-state index in [0.717, 1.165) is 12.3 Å². The molecule has 18 heavy (non-hydrogen) atoms. The Labute approximate surface area is 101 Å². The Kier molecular flexibility index (Phi) is 3.32. The fourth-order valence-electron chi connectivity index (χ4n) is 1.55. The predicted molar refractivity (Wildman–Crippen MR) is 59.5 cm³/mol. The van der Waals surface area contributed by atoms with E-state index in [1.54, 1.807) is 24.3 Å². The minimum atomic E-state index is -4.40. The van der Waals surface area contributed by atoms with Gasteiger partial charge in [0.25, 0.3) is 0 Å². The number of benzene rings is 1. The average molecular weight is 255 g/mol. The Bertz CT molecular complexity index is 531. The summed E-state index contributed by atoms with van der Waals surface area (Å²) < 4.78 is 49.5. The summed E-state index contributed by atoms with van der Waals surface area (Å²) in [6.45, 7) is -0.617. The van der Waals surface area contributed by atoms with Crippen molar-refractivity contribution < 1.29 is 17.6 Å². The Balaban J connectivity index is 2.34.